The molecule has 294 valence electrons. The number of thioether (sulfide) groups is 1. The van der Waals surface area contributed by atoms with Crippen LogP contribution in [0.3, 0.4) is 0 Å². The van der Waals surface area contributed by atoms with E-state index in [1.807, 2.05) is 11.8 Å². The van der Waals surface area contributed by atoms with Gasteiger partial charge in [0.2, 0.25) is 0 Å². The Hall–Kier alpha value is -7.27. The van der Waals surface area contributed by atoms with Crippen LogP contribution in [0.5, 0.6) is 0 Å². The maximum absolute atomic E-state index is 5.44. The highest BCUT2D eigenvalue weighted by molar-refractivity contribution is 8.00. The fraction of sp³-hybridized carbons (Fsp3) is 0.0690. The van der Waals surface area contributed by atoms with E-state index in [9.17, 15) is 0 Å². The number of nitrogens with one attached hydrogen (secondary N) is 1. The van der Waals surface area contributed by atoms with Gasteiger partial charge in [0.05, 0.1) is 5.41 Å². The summed E-state index contributed by atoms with van der Waals surface area (Å²) in [6.45, 7) is 0. The lowest BCUT2D eigenvalue weighted by Crippen LogP contribution is -2.33. The van der Waals surface area contributed by atoms with E-state index in [1.165, 1.54) is 60.5 Å². The van der Waals surface area contributed by atoms with E-state index in [0.29, 0.717) is 17.0 Å². The zero-order valence-electron chi connectivity index (χ0n) is 33.9. The molecule has 2 aliphatic carbocycles. The first-order chi connectivity index (χ1) is 30.7. The van der Waals surface area contributed by atoms with Gasteiger partial charge in [0.1, 0.15) is 12.0 Å². The summed E-state index contributed by atoms with van der Waals surface area (Å²) in [5.74, 6) is 1.92. The molecule has 3 nitrogen and oxygen atoms in total. The van der Waals surface area contributed by atoms with E-state index in [-0.39, 0.29) is 6.17 Å². The Kier molecular flexibility index (Phi) is 8.86. The average Bonchev–Trinajstić information content (AvgIpc) is 3.88. The molecule has 62 heavy (non-hydrogen) atoms. The van der Waals surface area contributed by atoms with Crippen molar-refractivity contribution in [3.8, 4) is 33.4 Å². The van der Waals surface area contributed by atoms with Gasteiger partial charge in [-0.3, -0.25) is 0 Å². The molecule has 2 aliphatic heterocycles. The molecule has 8 aromatic carbocycles. The van der Waals surface area contributed by atoms with Crippen molar-refractivity contribution in [3.05, 3.63) is 269 Å². The summed E-state index contributed by atoms with van der Waals surface area (Å²) in [5, 5.41) is 4.25. The lowest BCUT2D eigenvalue weighted by Gasteiger charge is -2.34. The second-order valence-electron chi connectivity index (χ2n) is 16.4. The second-order valence-corrected chi connectivity index (χ2v) is 17.7. The quantitative estimate of drug-likeness (QED) is 0.174. The van der Waals surface area contributed by atoms with Gasteiger partial charge < -0.3 is 5.32 Å². The first kappa shape index (κ1) is 36.6. The minimum absolute atomic E-state index is 0.362. The van der Waals surface area contributed by atoms with Crippen molar-refractivity contribution in [1.29, 1.82) is 0 Å². The van der Waals surface area contributed by atoms with Gasteiger partial charge in [0, 0.05) is 27.2 Å². The van der Waals surface area contributed by atoms with Gasteiger partial charge in [0.25, 0.3) is 0 Å². The van der Waals surface area contributed by atoms with Crippen LogP contribution in [0, 0.1) is 0 Å². The second kappa shape index (κ2) is 15.0. The number of aliphatic imine (C=N–C) groups is 2. The number of nitrogens with zero attached hydrogens (tertiary/aromatic N) is 2. The van der Waals surface area contributed by atoms with E-state index in [2.05, 4.69) is 230 Å². The van der Waals surface area contributed by atoms with E-state index < -0.39 is 5.41 Å². The number of benzene rings is 8. The maximum Gasteiger partial charge on any atom is 0.159 e. The standard InChI is InChI=1S/C58H41N3S/c1-4-15-38(16-5-1)41-17-14-18-43(35-41)56-59-55(40-29-27-39(28-30-40)42-32-34-54-50(36-42)49-24-11-13-26-53(49)62-54)60-57(61-56)44-31-33-48-47-23-10-12-25-51(47)58(52(48)37-44,45-19-6-2-7-20-45)46-21-8-3-9-22-46/h1-37,49,53,56H,(H,59,60,61). The molecular formula is C58H41N3S. The van der Waals surface area contributed by atoms with E-state index >= 15 is 0 Å². The van der Waals surface area contributed by atoms with Gasteiger partial charge in [-0.15, -0.1) is 11.8 Å². The van der Waals surface area contributed by atoms with Gasteiger partial charge in [-0.1, -0.05) is 200 Å². The fourth-order valence-corrected chi connectivity index (χ4v) is 11.4. The van der Waals surface area contributed by atoms with Crippen molar-refractivity contribution in [1.82, 2.24) is 5.32 Å². The number of hydrogen-bond acceptors (Lipinski definition) is 4. The number of hydrogen-bond donors (Lipinski definition) is 1. The lowest BCUT2D eigenvalue weighted by atomic mass is 9.67. The third-order valence-corrected chi connectivity index (χ3v) is 14.3. The summed E-state index contributed by atoms with van der Waals surface area (Å²) < 4.78 is 0. The van der Waals surface area contributed by atoms with Crippen LogP contribution in [0.2, 0.25) is 0 Å². The Balaban J connectivity index is 0.982. The van der Waals surface area contributed by atoms with Gasteiger partial charge >= 0.3 is 0 Å². The van der Waals surface area contributed by atoms with Crippen molar-refractivity contribution in [2.45, 2.75) is 27.6 Å². The number of amidine groups is 2. The predicted molar refractivity (Wildman–Crippen MR) is 257 cm³/mol. The minimum Gasteiger partial charge on any atom is -0.344 e. The molecule has 12 rings (SSSR count). The fourth-order valence-electron chi connectivity index (χ4n) is 10.0. The van der Waals surface area contributed by atoms with Crippen LogP contribution in [0.1, 0.15) is 56.6 Å². The van der Waals surface area contributed by atoms with Gasteiger partial charge in [-0.25, -0.2) is 9.98 Å². The Bertz CT molecular complexity index is 3090. The normalized spacial score (nSPS) is 18.7. The zero-order valence-corrected chi connectivity index (χ0v) is 34.7. The molecule has 0 amide bonds. The summed E-state index contributed by atoms with van der Waals surface area (Å²) in [6, 6.07) is 72.7. The molecule has 0 saturated carbocycles. The molecule has 0 radical (unpaired) electrons. The van der Waals surface area contributed by atoms with Crippen LogP contribution in [-0.4, -0.2) is 16.9 Å². The number of fused-ring (bicyclic) bond motifs is 6. The van der Waals surface area contributed by atoms with Crippen LogP contribution in [-0.2, 0) is 5.41 Å². The summed E-state index contributed by atoms with van der Waals surface area (Å²) >= 11 is 1.97. The van der Waals surface area contributed by atoms with Crippen molar-refractivity contribution in [3.63, 3.8) is 0 Å². The highest BCUT2D eigenvalue weighted by atomic mass is 32.2. The van der Waals surface area contributed by atoms with Crippen LogP contribution in [0.15, 0.2) is 239 Å². The summed E-state index contributed by atoms with van der Waals surface area (Å²) in [7, 11) is 0. The molecule has 3 unspecified atom stereocenters. The zero-order chi connectivity index (χ0) is 41.0. The average molecular weight is 812 g/mol. The van der Waals surface area contributed by atoms with Crippen molar-refractivity contribution >= 4 is 23.4 Å². The molecule has 0 spiro atoms. The molecule has 0 bridgehead atoms. The Morgan fingerprint density at radius 2 is 1.08 bits per heavy atom. The third-order valence-electron chi connectivity index (χ3n) is 13.0. The molecule has 2 heterocycles. The van der Waals surface area contributed by atoms with Crippen LogP contribution in [0.4, 0.5) is 0 Å². The molecular weight excluding hydrogens is 771 g/mol. The molecule has 3 atom stereocenters. The van der Waals surface area contributed by atoms with Crippen molar-refractivity contribution < 1.29 is 0 Å². The topological polar surface area (TPSA) is 36.8 Å². The van der Waals surface area contributed by atoms with E-state index in [4.69, 9.17) is 9.98 Å². The third kappa shape index (κ3) is 6.05. The lowest BCUT2D eigenvalue weighted by molar-refractivity contribution is 0.674. The van der Waals surface area contributed by atoms with Gasteiger partial charge in [-0.05, 0) is 91.0 Å². The highest BCUT2D eigenvalue weighted by Crippen LogP contribution is 2.56. The molecule has 1 N–H and O–H groups in total. The summed E-state index contributed by atoms with van der Waals surface area (Å²) in [6.07, 6.45) is 8.67. The van der Waals surface area contributed by atoms with Gasteiger partial charge in [0.15, 0.2) is 5.84 Å². The smallest absolute Gasteiger partial charge is 0.159 e. The predicted octanol–water partition coefficient (Wildman–Crippen LogP) is 13.6. The van der Waals surface area contributed by atoms with Gasteiger partial charge in [-0.2, -0.15) is 0 Å². The number of rotatable bonds is 7. The molecule has 4 aliphatic rings. The Morgan fingerprint density at radius 3 is 1.87 bits per heavy atom. The molecule has 0 saturated heterocycles. The van der Waals surface area contributed by atoms with E-state index in [0.717, 1.165) is 28.1 Å². The minimum atomic E-state index is -0.523. The first-order valence-electron chi connectivity index (χ1n) is 21.4. The highest BCUT2D eigenvalue weighted by Gasteiger charge is 2.46. The summed E-state index contributed by atoms with van der Waals surface area (Å²) in [4.78, 5) is 12.2. The largest absolute Gasteiger partial charge is 0.344 e. The Labute approximate surface area is 367 Å². The van der Waals surface area contributed by atoms with Crippen LogP contribution < -0.4 is 5.32 Å². The molecule has 0 aromatic heterocycles. The Morgan fingerprint density at radius 1 is 0.468 bits per heavy atom. The van der Waals surface area contributed by atoms with Crippen molar-refractivity contribution in [2.24, 2.45) is 9.98 Å². The SMILES string of the molecule is C1=CC2Sc3ccc(-c4ccc(C5=NC(c6ccc7c(c6)C(c6ccccc6)(c6ccccc6)c6ccccc6-7)=NC(c6cccc(-c7ccccc7)c6)N5)cc4)cc3C2C=C1. The monoisotopic (exact) mass is 811 g/mol. The first-order valence-corrected chi connectivity index (χ1v) is 22.3. The molecule has 4 heteroatoms. The number of allylic oxidation sites excluding steroid dienone is 3. The summed E-state index contributed by atoms with van der Waals surface area (Å²) in [5.41, 5.74) is 16.2. The molecule has 0 fully saturated rings. The van der Waals surface area contributed by atoms with E-state index in [1.54, 1.807) is 0 Å². The van der Waals surface area contributed by atoms with Crippen molar-refractivity contribution in [2.75, 3.05) is 0 Å². The maximum atomic E-state index is 5.44. The molecule has 8 aromatic rings. The van der Waals surface area contributed by atoms with Crippen LogP contribution >= 0.6 is 11.8 Å². The van der Waals surface area contributed by atoms with Crippen LogP contribution in [0.25, 0.3) is 33.4 Å².